The minimum absolute atomic E-state index is 0.197. The molecule has 110 valence electrons. The van der Waals surface area contributed by atoms with Crippen molar-refractivity contribution in [2.24, 2.45) is 0 Å². The molecule has 0 aromatic heterocycles. The Kier molecular flexibility index (Phi) is 5.57. The molecule has 0 heterocycles. The van der Waals surface area contributed by atoms with Gasteiger partial charge in [0.1, 0.15) is 5.54 Å². The molecule has 5 heteroatoms. The largest absolute Gasteiger partial charge is 0.467 e. The average Bonchev–Trinajstić information content (AvgIpc) is 2.38. The van der Waals surface area contributed by atoms with Crippen LogP contribution in [0.2, 0.25) is 5.02 Å². The lowest BCUT2D eigenvalue weighted by Crippen LogP contribution is -2.50. The van der Waals surface area contributed by atoms with Gasteiger partial charge in [0.05, 0.1) is 7.11 Å². The summed E-state index contributed by atoms with van der Waals surface area (Å²) in [5.41, 5.74) is 0.981. The summed E-state index contributed by atoms with van der Waals surface area (Å²) in [6, 6.07) is 5.73. The first-order chi connectivity index (χ1) is 9.26. The van der Waals surface area contributed by atoms with Gasteiger partial charge in [-0.2, -0.15) is 0 Å². The summed E-state index contributed by atoms with van der Waals surface area (Å²) in [7, 11) is 1.30. The highest BCUT2D eigenvalue weighted by Crippen LogP contribution is 2.17. The van der Waals surface area contributed by atoms with Gasteiger partial charge in [-0.1, -0.05) is 23.7 Å². The van der Waals surface area contributed by atoms with Gasteiger partial charge in [0.15, 0.2) is 0 Å². The molecule has 0 aliphatic rings. The first-order valence-corrected chi connectivity index (χ1v) is 6.78. The van der Waals surface area contributed by atoms with E-state index in [0.29, 0.717) is 17.9 Å². The van der Waals surface area contributed by atoms with E-state index in [0.717, 1.165) is 11.1 Å². The van der Waals surface area contributed by atoms with Gasteiger partial charge in [-0.3, -0.25) is 4.79 Å². The monoisotopic (exact) mass is 297 g/mol. The molecule has 1 aromatic carbocycles. The lowest BCUT2D eigenvalue weighted by molar-refractivity contribution is -0.149. The Balaban J connectivity index is 2.55. The number of nitrogens with one attached hydrogen (secondary N) is 1. The molecule has 4 nitrogen and oxygen atoms in total. The summed E-state index contributed by atoms with van der Waals surface area (Å²) in [6.45, 7) is 5.15. The van der Waals surface area contributed by atoms with E-state index in [1.165, 1.54) is 7.11 Å². The van der Waals surface area contributed by atoms with E-state index < -0.39 is 11.5 Å². The van der Waals surface area contributed by atoms with E-state index in [1.54, 1.807) is 13.8 Å². The summed E-state index contributed by atoms with van der Waals surface area (Å²) in [5.74, 6) is -0.665. The zero-order valence-electron chi connectivity index (χ0n) is 12.2. The number of aryl methyl sites for hydroxylation is 2. The molecule has 0 fully saturated rings. The molecule has 1 aromatic rings. The van der Waals surface area contributed by atoms with Crippen LogP contribution in [0.4, 0.5) is 0 Å². The van der Waals surface area contributed by atoms with E-state index in [-0.39, 0.29) is 5.91 Å². The normalized spacial score (nSPS) is 11.1. The average molecular weight is 298 g/mol. The highest BCUT2D eigenvalue weighted by Gasteiger charge is 2.30. The predicted molar refractivity (Wildman–Crippen MR) is 78.7 cm³/mol. The molecule has 0 saturated carbocycles. The molecule has 0 spiro atoms. The fraction of sp³-hybridized carbons (Fsp3) is 0.467. The van der Waals surface area contributed by atoms with Crippen LogP contribution >= 0.6 is 11.6 Å². The van der Waals surface area contributed by atoms with E-state index in [1.807, 2.05) is 25.1 Å². The summed E-state index contributed by atoms with van der Waals surface area (Å²) < 4.78 is 4.64. The second-order valence-corrected chi connectivity index (χ2v) is 5.66. The van der Waals surface area contributed by atoms with Gasteiger partial charge in [0.25, 0.3) is 0 Å². The van der Waals surface area contributed by atoms with Crippen molar-refractivity contribution >= 4 is 23.5 Å². The highest BCUT2D eigenvalue weighted by molar-refractivity contribution is 6.31. The number of benzene rings is 1. The minimum atomic E-state index is -1.02. The zero-order chi connectivity index (χ0) is 15.3. The molecular formula is C15H20ClNO3. The third kappa shape index (κ3) is 4.53. The number of methoxy groups -OCH3 is 1. The molecule has 0 saturated heterocycles. The first-order valence-electron chi connectivity index (χ1n) is 6.40. The number of ether oxygens (including phenoxy) is 1. The van der Waals surface area contributed by atoms with Gasteiger partial charge in [-0.05, 0) is 44.4 Å². The van der Waals surface area contributed by atoms with Crippen LogP contribution in [0, 0.1) is 6.92 Å². The smallest absolute Gasteiger partial charge is 0.330 e. The maximum atomic E-state index is 11.9. The number of rotatable bonds is 5. The highest BCUT2D eigenvalue weighted by atomic mass is 35.5. The van der Waals surface area contributed by atoms with Crippen LogP contribution in [0.1, 0.15) is 31.4 Å². The maximum absolute atomic E-state index is 11.9. The van der Waals surface area contributed by atoms with Gasteiger partial charge in [0, 0.05) is 11.4 Å². The van der Waals surface area contributed by atoms with Crippen molar-refractivity contribution in [3.05, 3.63) is 34.3 Å². The van der Waals surface area contributed by atoms with Crippen molar-refractivity contribution < 1.29 is 14.3 Å². The Morgan fingerprint density at radius 1 is 1.35 bits per heavy atom. The van der Waals surface area contributed by atoms with Gasteiger partial charge in [-0.15, -0.1) is 0 Å². The molecule has 1 amide bonds. The predicted octanol–water partition coefficient (Wildman–Crippen LogP) is 2.65. The van der Waals surface area contributed by atoms with Crippen LogP contribution < -0.4 is 5.32 Å². The van der Waals surface area contributed by atoms with E-state index in [4.69, 9.17) is 11.6 Å². The lowest BCUT2D eigenvalue weighted by atomic mass is 10.0. The molecule has 0 atom stereocenters. The topological polar surface area (TPSA) is 55.4 Å². The van der Waals surface area contributed by atoms with Crippen LogP contribution in [0.5, 0.6) is 0 Å². The number of hydrogen-bond donors (Lipinski definition) is 1. The number of hydrogen-bond acceptors (Lipinski definition) is 3. The van der Waals surface area contributed by atoms with Crippen LogP contribution in [0.3, 0.4) is 0 Å². The second-order valence-electron chi connectivity index (χ2n) is 5.25. The number of esters is 1. The number of amides is 1. The van der Waals surface area contributed by atoms with Crippen LogP contribution in [-0.2, 0) is 20.7 Å². The zero-order valence-corrected chi connectivity index (χ0v) is 13.0. The van der Waals surface area contributed by atoms with Gasteiger partial charge >= 0.3 is 5.97 Å². The summed E-state index contributed by atoms with van der Waals surface area (Å²) in [4.78, 5) is 23.3. The molecule has 1 N–H and O–H groups in total. The molecular weight excluding hydrogens is 278 g/mol. The van der Waals surface area contributed by atoms with E-state index in [9.17, 15) is 9.59 Å². The third-order valence-electron chi connectivity index (χ3n) is 3.02. The Morgan fingerprint density at radius 2 is 2.00 bits per heavy atom. The van der Waals surface area contributed by atoms with Gasteiger partial charge < -0.3 is 10.1 Å². The number of carbonyl (C=O) groups is 2. The van der Waals surface area contributed by atoms with Gasteiger partial charge in [0.2, 0.25) is 5.91 Å². The summed E-state index contributed by atoms with van der Waals surface area (Å²) in [6.07, 6.45) is 0.864. The quantitative estimate of drug-likeness (QED) is 0.850. The second kappa shape index (κ2) is 6.75. The van der Waals surface area contributed by atoms with Crippen molar-refractivity contribution in [1.29, 1.82) is 0 Å². The summed E-state index contributed by atoms with van der Waals surface area (Å²) in [5, 5.41) is 3.35. The van der Waals surface area contributed by atoms with Crippen molar-refractivity contribution in [3.8, 4) is 0 Å². The maximum Gasteiger partial charge on any atom is 0.330 e. The minimum Gasteiger partial charge on any atom is -0.467 e. The molecule has 0 aliphatic heterocycles. The standard InChI is InChI=1S/C15H20ClNO3/c1-10-5-6-11(9-12(10)16)7-8-13(18)17-15(2,3)14(19)20-4/h5-6,9H,7-8H2,1-4H3,(H,17,18). The van der Waals surface area contributed by atoms with Crippen molar-refractivity contribution in [1.82, 2.24) is 5.32 Å². The molecule has 0 unspecified atom stereocenters. The SMILES string of the molecule is COC(=O)C(C)(C)NC(=O)CCc1ccc(C)c(Cl)c1. The molecule has 0 aliphatic carbocycles. The summed E-state index contributed by atoms with van der Waals surface area (Å²) >= 11 is 6.03. The molecule has 0 bridgehead atoms. The molecule has 1 rings (SSSR count). The van der Waals surface area contributed by atoms with Crippen molar-refractivity contribution in [2.45, 2.75) is 39.2 Å². The molecule has 0 radical (unpaired) electrons. The van der Waals surface area contributed by atoms with E-state index >= 15 is 0 Å². The Hall–Kier alpha value is -1.55. The fourth-order valence-electron chi connectivity index (χ4n) is 1.77. The van der Waals surface area contributed by atoms with Crippen LogP contribution in [0.15, 0.2) is 18.2 Å². The Bertz CT molecular complexity index is 512. The lowest BCUT2D eigenvalue weighted by Gasteiger charge is -2.23. The number of halogens is 1. The van der Waals surface area contributed by atoms with Crippen molar-refractivity contribution in [3.63, 3.8) is 0 Å². The fourth-order valence-corrected chi connectivity index (χ4v) is 1.97. The number of carbonyl (C=O) groups excluding carboxylic acids is 2. The Morgan fingerprint density at radius 3 is 2.55 bits per heavy atom. The van der Waals surface area contributed by atoms with Crippen molar-refractivity contribution in [2.75, 3.05) is 7.11 Å². The van der Waals surface area contributed by atoms with Crippen LogP contribution in [-0.4, -0.2) is 24.5 Å². The molecule has 20 heavy (non-hydrogen) atoms. The van der Waals surface area contributed by atoms with Crippen LogP contribution in [0.25, 0.3) is 0 Å². The van der Waals surface area contributed by atoms with E-state index in [2.05, 4.69) is 10.1 Å². The van der Waals surface area contributed by atoms with Gasteiger partial charge in [-0.25, -0.2) is 4.79 Å². The third-order valence-corrected chi connectivity index (χ3v) is 3.43. The first kappa shape index (κ1) is 16.5. The Labute approximate surface area is 124 Å².